The van der Waals surface area contributed by atoms with Crippen molar-refractivity contribution in [3.05, 3.63) is 54.1 Å². The van der Waals surface area contributed by atoms with Crippen LogP contribution in [0.4, 0.5) is 5.69 Å². The van der Waals surface area contributed by atoms with Crippen molar-refractivity contribution in [1.29, 1.82) is 0 Å². The third kappa shape index (κ3) is 4.71. The van der Waals surface area contributed by atoms with E-state index in [-0.39, 0.29) is 12.4 Å². The Labute approximate surface area is 169 Å². The molecule has 0 atom stereocenters. The molecule has 1 N–H and O–H groups in total. The first-order valence-electron chi connectivity index (χ1n) is 9.50. The highest BCUT2D eigenvalue weighted by Gasteiger charge is 2.22. The van der Waals surface area contributed by atoms with Crippen LogP contribution in [0.3, 0.4) is 0 Å². The Morgan fingerprint density at radius 3 is 2.69 bits per heavy atom. The van der Waals surface area contributed by atoms with Gasteiger partial charge in [-0.05, 0) is 43.7 Å². The molecule has 8 nitrogen and oxygen atoms in total. The Kier molecular flexibility index (Phi) is 6.43. The molecule has 3 aromatic heterocycles. The summed E-state index contributed by atoms with van der Waals surface area (Å²) in [6, 6.07) is 9.95. The number of fused-ring (bicyclic) bond motifs is 1. The van der Waals surface area contributed by atoms with Gasteiger partial charge in [-0.3, -0.25) is 14.6 Å². The number of anilines is 1. The molecule has 0 radical (unpaired) electrons. The van der Waals surface area contributed by atoms with Crippen LogP contribution in [-0.4, -0.2) is 63.1 Å². The van der Waals surface area contributed by atoms with E-state index in [2.05, 4.69) is 20.9 Å². The van der Waals surface area contributed by atoms with Gasteiger partial charge in [0, 0.05) is 62.4 Å². The van der Waals surface area contributed by atoms with Crippen molar-refractivity contribution < 1.29 is 14.7 Å². The molecular formula is C21H25N5O3. The van der Waals surface area contributed by atoms with Crippen LogP contribution in [0.1, 0.15) is 22.6 Å². The smallest absolute Gasteiger partial charge is 0.290 e. The van der Waals surface area contributed by atoms with E-state index in [1.807, 2.05) is 60.1 Å². The van der Waals surface area contributed by atoms with Crippen molar-refractivity contribution in [2.45, 2.75) is 13.3 Å². The number of amides is 1. The van der Waals surface area contributed by atoms with Crippen molar-refractivity contribution in [2.24, 2.45) is 7.05 Å². The van der Waals surface area contributed by atoms with E-state index in [4.69, 9.17) is 9.90 Å². The van der Waals surface area contributed by atoms with Crippen LogP contribution in [0.5, 0.6) is 0 Å². The number of hydrogen-bond acceptors (Lipinski definition) is 5. The molecular weight excluding hydrogens is 370 g/mol. The SMILES string of the molecule is Cc1cc(N2CCCN(C(=O)c3ccc4ccn(C)c4n3)CC2)ccn1.O=CO. The summed E-state index contributed by atoms with van der Waals surface area (Å²) in [6.07, 6.45) is 4.75. The van der Waals surface area contributed by atoms with Crippen LogP contribution in [0.25, 0.3) is 11.0 Å². The van der Waals surface area contributed by atoms with Crippen molar-refractivity contribution in [1.82, 2.24) is 19.4 Å². The van der Waals surface area contributed by atoms with E-state index < -0.39 is 0 Å². The van der Waals surface area contributed by atoms with Crippen LogP contribution < -0.4 is 4.90 Å². The highest BCUT2D eigenvalue weighted by Crippen LogP contribution is 2.18. The standard InChI is InChI=1S/C20H23N5O.CH2O2/c1-15-14-17(6-8-21-15)24-9-3-10-25(13-12-24)20(26)18-5-4-16-7-11-23(2)19(16)22-18;2-1-3/h4-8,11,14H,3,9-10,12-13H2,1-2H3;1H,(H,2,3). The molecule has 8 heteroatoms. The number of carboxylic acid groups (broad SMARTS) is 1. The lowest BCUT2D eigenvalue weighted by molar-refractivity contribution is -0.122. The molecule has 0 aliphatic carbocycles. The molecule has 29 heavy (non-hydrogen) atoms. The molecule has 0 saturated carbocycles. The van der Waals surface area contributed by atoms with Gasteiger partial charge in [0.25, 0.3) is 12.4 Å². The molecule has 0 spiro atoms. The summed E-state index contributed by atoms with van der Waals surface area (Å²) < 4.78 is 1.95. The molecule has 0 aromatic carbocycles. The van der Waals surface area contributed by atoms with E-state index in [9.17, 15) is 4.79 Å². The molecule has 1 saturated heterocycles. The highest BCUT2D eigenvalue weighted by atomic mass is 16.3. The number of rotatable bonds is 2. The van der Waals surface area contributed by atoms with Gasteiger partial charge in [0.05, 0.1) is 0 Å². The Bertz CT molecular complexity index is 1000. The minimum Gasteiger partial charge on any atom is -0.483 e. The fourth-order valence-corrected chi connectivity index (χ4v) is 3.52. The number of carbonyl (C=O) groups excluding carboxylic acids is 1. The predicted octanol–water partition coefficient (Wildman–Crippen LogP) is 2.33. The zero-order chi connectivity index (χ0) is 20.8. The Hall–Kier alpha value is -3.42. The van der Waals surface area contributed by atoms with Gasteiger partial charge < -0.3 is 19.5 Å². The second-order valence-electron chi connectivity index (χ2n) is 6.93. The van der Waals surface area contributed by atoms with Crippen molar-refractivity contribution in [3.63, 3.8) is 0 Å². The van der Waals surface area contributed by atoms with Crippen LogP contribution in [0.15, 0.2) is 42.7 Å². The lowest BCUT2D eigenvalue weighted by atomic mass is 10.2. The predicted molar refractivity (Wildman–Crippen MR) is 111 cm³/mol. The molecule has 0 bridgehead atoms. The highest BCUT2D eigenvalue weighted by molar-refractivity contribution is 5.94. The second kappa shape index (κ2) is 9.18. The number of nitrogens with zero attached hydrogens (tertiary/aromatic N) is 5. The summed E-state index contributed by atoms with van der Waals surface area (Å²) in [4.78, 5) is 34.4. The van der Waals surface area contributed by atoms with E-state index in [1.54, 1.807) is 0 Å². The van der Waals surface area contributed by atoms with Crippen LogP contribution >= 0.6 is 0 Å². The first-order valence-corrected chi connectivity index (χ1v) is 9.50. The van der Waals surface area contributed by atoms with E-state index in [1.165, 1.54) is 5.69 Å². The van der Waals surface area contributed by atoms with Gasteiger partial charge in [0.15, 0.2) is 0 Å². The first kappa shape index (κ1) is 20.3. The van der Waals surface area contributed by atoms with E-state index >= 15 is 0 Å². The summed E-state index contributed by atoms with van der Waals surface area (Å²) >= 11 is 0. The van der Waals surface area contributed by atoms with Gasteiger partial charge in [0.1, 0.15) is 11.3 Å². The maximum atomic E-state index is 13.0. The topological polar surface area (TPSA) is 91.6 Å². The number of pyridine rings is 2. The monoisotopic (exact) mass is 395 g/mol. The number of carbonyl (C=O) groups is 2. The van der Waals surface area contributed by atoms with Crippen molar-refractivity contribution in [2.75, 3.05) is 31.1 Å². The van der Waals surface area contributed by atoms with Crippen LogP contribution in [-0.2, 0) is 11.8 Å². The van der Waals surface area contributed by atoms with E-state index in [0.29, 0.717) is 12.2 Å². The molecule has 1 aliphatic heterocycles. The lowest BCUT2D eigenvalue weighted by Crippen LogP contribution is -2.35. The summed E-state index contributed by atoms with van der Waals surface area (Å²) in [5.41, 5.74) is 3.56. The fourth-order valence-electron chi connectivity index (χ4n) is 3.52. The fraction of sp³-hybridized carbons (Fsp3) is 0.333. The van der Waals surface area contributed by atoms with Crippen LogP contribution in [0.2, 0.25) is 0 Å². The number of hydrogen-bond donors (Lipinski definition) is 1. The summed E-state index contributed by atoms with van der Waals surface area (Å²) in [6.45, 7) is 4.97. The lowest BCUT2D eigenvalue weighted by Gasteiger charge is -2.23. The maximum Gasteiger partial charge on any atom is 0.290 e. The van der Waals surface area contributed by atoms with Crippen molar-refractivity contribution >= 4 is 29.1 Å². The Balaban J connectivity index is 0.000000755. The molecule has 4 rings (SSSR count). The summed E-state index contributed by atoms with van der Waals surface area (Å²) in [5.74, 6) is 0.0147. The molecule has 1 fully saturated rings. The first-order chi connectivity index (χ1) is 14.0. The molecule has 152 valence electrons. The van der Waals surface area contributed by atoms with Gasteiger partial charge in [-0.15, -0.1) is 0 Å². The molecule has 4 heterocycles. The molecule has 1 amide bonds. The molecule has 1 aliphatic rings. The van der Waals surface area contributed by atoms with Crippen LogP contribution in [0, 0.1) is 6.92 Å². The Morgan fingerprint density at radius 2 is 1.93 bits per heavy atom. The van der Waals surface area contributed by atoms with Gasteiger partial charge in [0.2, 0.25) is 0 Å². The summed E-state index contributed by atoms with van der Waals surface area (Å²) in [7, 11) is 1.95. The Morgan fingerprint density at radius 1 is 1.14 bits per heavy atom. The van der Waals surface area contributed by atoms with Gasteiger partial charge >= 0.3 is 0 Å². The van der Waals surface area contributed by atoms with Crippen molar-refractivity contribution in [3.8, 4) is 0 Å². The normalized spacial score (nSPS) is 14.1. The average Bonchev–Trinajstić information content (AvgIpc) is 2.92. The molecule has 3 aromatic rings. The van der Waals surface area contributed by atoms with Gasteiger partial charge in [-0.25, -0.2) is 4.98 Å². The number of aromatic nitrogens is 3. The van der Waals surface area contributed by atoms with Gasteiger partial charge in [-0.1, -0.05) is 0 Å². The molecule has 0 unspecified atom stereocenters. The van der Waals surface area contributed by atoms with Gasteiger partial charge in [-0.2, -0.15) is 0 Å². The zero-order valence-corrected chi connectivity index (χ0v) is 16.7. The third-order valence-corrected chi connectivity index (χ3v) is 4.96. The second-order valence-corrected chi connectivity index (χ2v) is 6.93. The summed E-state index contributed by atoms with van der Waals surface area (Å²) in [5, 5.41) is 7.94. The quantitative estimate of drug-likeness (QED) is 0.670. The third-order valence-electron chi connectivity index (χ3n) is 4.96. The minimum absolute atomic E-state index is 0.0147. The largest absolute Gasteiger partial charge is 0.483 e. The van der Waals surface area contributed by atoms with E-state index in [0.717, 1.165) is 42.8 Å². The zero-order valence-electron chi connectivity index (χ0n) is 16.7. The minimum atomic E-state index is -0.250. The maximum absolute atomic E-state index is 13.0. The number of aryl methyl sites for hydroxylation is 2. The average molecular weight is 395 g/mol.